The molecule has 3 rings (SSSR count). The molecule has 0 unspecified atom stereocenters. The summed E-state index contributed by atoms with van der Waals surface area (Å²) in [4.78, 5) is 23.5. The molecule has 0 radical (unpaired) electrons. The predicted molar refractivity (Wildman–Crippen MR) is 79.0 cm³/mol. The second kappa shape index (κ2) is 5.18. The van der Waals surface area contributed by atoms with E-state index in [9.17, 15) is 14.7 Å². The summed E-state index contributed by atoms with van der Waals surface area (Å²) in [6.07, 6.45) is 1.52. The molecular formula is C15H15N3O4. The van der Waals surface area contributed by atoms with Gasteiger partial charge in [0.15, 0.2) is 5.76 Å². The number of carboxylic acid groups (broad SMARTS) is 1. The minimum Gasteiger partial charge on any atom is -0.477 e. The number of carbonyl (C=O) groups is 1. The van der Waals surface area contributed by atoms with Crippen LogP contribution in [-0.2, 0) is 6.54 Å². The zero-order valence-electron chi connectivity index (χ0n) is 12.2. The van der Waals surface area contributed by atoms with Crippen LogP contribution in [0.4, 0.5) is 0 Å². The molecule has 3 aromatic heterocycles. The Morgan fingerprint density at radius 1 is 1.41 bits per heavy atom. The highest BCUT2D eigenvalue weighted by Crippen LogP contribution is 2.20. The lowest BCUT2D eigenvalue weighted by Gasteiger charge is -2.14. The van der Waals surface area contributed by atoms with Crippen LogP contribution in [0, 0.1) is 5.92 Å². The van der Waals surface area contributed by atoms with Crippen LogP contribution in [0.25, 0.3) is 17.1 Å². The third-order valence-corrected chi connectivity index (χ3v) is 3.27. The summed E-state index contributed by atoms with van der Waals surface area (Å²) in [6.45, 7) is 4.42. The number of aromatic nitrogens is 3. The third-order valence-electron chi connectivity index (χ3n) is 3.27. The molecule has 0 aliphatic heterocycles. The highest BCUT2D eigenvalue weighted by Gasteiger charge is 2.18. The third kappa shape index (κ3) is 2.30. The zero-order valence-corrected chi connectivity index (χ0v) is 12.2. The lowest BCUT2D eigenvalue weighted by molar-refractivity contribution is 0.0683. The van der Waals surface area contributed by atoms with Gasteiger partial charge in [-0.15, -0.1) is 0 Å². The lowest BCUT2D eigenvalue weighted by Crippen LogP contribution is -2.24. The van der Waals surface area contributed by atoms with Gasteiger partial charge in [-0.3, -0.25) is 4.79 Å². The molecule has 1 N–H and O–H groups in total. The molecule has 0 aliphatic rings. The number of nitrogens with zero attached hydrogens (tertiary/aromatic N) is 3. The summed E-state index contributed by atoms with van der Waals surface area (Å²) >= 11 is 0. The fraction of sp³-hybridized carbons (Fsp3) is 0.267. The largest absolute Gasteiger partial charge is 0.477 e. The van der Waals surface area contributed by atoms with Crippen LogP contribution < -0.4 is 5.56 Å². The van der Waals surface area contributed by atoms with Crippen molar-refractivity contribution < 1.29 is 14.3 Å². The number of aromatic carboxylic acids is 1. The van der Waals surface area contributed by atoms with E-state index in [0.29, 0.717) is 23.6 Å². The first-order chi connectivity index (χ1) is 10.5. The second-order valence-electron chi connectivity index (χ2n) is 5.45. The van der Waals surface area contributed by atoms with Crippen molar-refractivity contribution >= 4 is 11.6 Å². The highest BCUT2D eigenvalue weighted by molar-refractivity contribution is 5.86. The summed E-state index contributed by atoms with van der Waals surface area (Å²) in [5.74, 6) is -0.400. The van der Waals surface area contributed by atoms with Crippen molar-refractivity contribution in [3.05, 3.63) is 46.6 Å². The quantitative estimate of drug-likeness (QED) is 0.797. The molecule has 3 aromatic rings. The summed E-state index contributed by atoms with van der Waals surface area (Å²) in [7, 11) is 0. The van der Waals surface area contributed by atoms with Crippen LogP contribution in [0.5, 0.6) is 0 Å². The smallest absolute Gasteiger partial charge is 0.352 e. The Hall–Kier alpha value is -2.83. The molecular weight excluding hydrogens is 286 g/mol. The van der Waals surface area contributed by atoms with Gasteiger partial charge in [-0.05, 0) is 18.1 Å². The Balaban J connectivity index is 2.31. The van der Waals surface area contributed by atoms with E-state index in [-0.39, 0.29) is 11.6 Å². The van der Waals surface area contributed by atoms with Gasteiger partial charge >= 0.3 is 5.97 Å². The minimum atomic E-state index is -1.14. The molecule has 0 saturated heterocycles. The van der Waals surface area contributed by atoms with E-state index in [1.807, 2.05) is 13.8 Å². The maximum Gasteiger partial charge on any atom is 0.352 e. The van der Waals surface area contributed by atoms with Crippen LogP contribution in [0.15, 0.2) is 39.7 Å². The van der Waals surface area contributed by atoms with Crippen LogP contribution in [0.1, 0.15) is 24.3 Å². The monoisotopic (exact) mass is 301 g/mol. The Kier molecular flexibility index (Phi) is 3.32. The average Bonchev–Trinajstić information content (AvgIpc) is 3.08. The highest BCUT2D eigenvalue weighted by atomic mass is 16.4. The molecule has 0 bridgehead atoms. The predicted octanol–water partition coefficient (Wildman–Crippen LogP) is 2.11. The summed E-state index contributed by atoms with van der Waals surface area (Å²) < 4.78 is 8.08. The molecule has 3 heterocycles. The van der Waals surface area contributed by atoms with E-state index in [4.69, 9.17) is 4.42 Å². The maximum absolute atomic E-state index is 12.1. The average molecular weight is 301 g/mol. The van der Waals surface area contributed by atoms with Crippen LogP contribution in [0.3, 0.4) is 0 Å². The SMILES string of the molecule is CC(C)Cn1c(C(=O)O)cc(=O)n2nc(-c3ccco3)cc12. The fourth-order valence-corrected chi connectivity index (χ4v) is 2.38. The molecule has 0 aromatic carbocycles. The van der Waals surface area contributed by atoms with E-state index in [1.165, 1.54) is 10.8 Å². The number of carboxylic acids is 1. The van der Waals surface area contributed by atoms with E-state index in [1.54, 1.807) is 22.8 Å². The number of hydrogen-bond donors (Lipinski definition) is 1. The van der Waals surface area contributed by atoms with Crippen LogP contribution >= 0.6 is 0 Å². The van der Waals surface area contributed by atoms with E-state index >= 15 is 0 Å². The first-order valence-corrected chi connectivity index (χ1v) is 6.88. The van der Waals surface area contributed by atoms with Gasteiger partial charge in [-0.2, -0.15) is 9.61 Å². The van der Waals surface area contributed by atoms with E-state index < -0.39 is 11.5 Å². The molecule has 0 atom stereocenters. The number of rotatable bonds is 4. The Morgan fingerprint density at radius 3 is 2.77 bits per heavy atom. The van der Waals surface area contributed by atoms with Crippen LogP contribution in [0.2, 0.25) is 0 Å². The van der Waals surface area contributed by atoms with Gasteiger partial charge in [0.25, 0.3) is 5.56 Å². The van der Waals surface area contributed by atoms with Gasteiger partial charge in [0.2, 0.25) is 0 Å². The van der Waals surface area contributed by atoms with E-state index in [2.05, 4.69) is 5.10 Å². The van der Waals surface area contributed by atoms with Crippen molar-refractivity contribution in [3.63, 3.8) is 0 Å². The van der Waals surface area contributed by atoms with Gasteiger partial charge in [0, 0.05) is 18.7 Å². The molecule has 0 fully saturated rings. The number of fused-ring (bicyclic) bond motifs is 1. The van der Waals surface area contributed by atoms with Crippen molar-refractivity contribution in [2.75, 3.05) is 0 Å². The summed E-state index contributed by atoms with van der Waals surface area (Å²) in [5, 5.41) is 13.6. The molecule has 0 aliphatic carbocycles. The standard InChI is InChI=1S/C15H15N3O4/c1-9(2)8-17-11(15(20)21)7-14(19)18-13(17)6-10(16-18)12-4-3-5-22-12/h3-7,9H,8H2,1-2H3,(H,20,21). The molecule has 0 spiro atoms. The maximum atomic E-state index is 12.1. The van der Waals surface area contributed by atoms with Crippen molar-refractivity contribution in [1.29, 1.82) is 0 Å². The Morgan fingerprint density at radius 2 is 2.18 bits per heavy atom. The van der Waals surface area contributed by atoms with Gasteiger partial charge in [-0.25, -0.2) is 4.79 Å². The molecule has 114 valence electrons. The van der Waals surface area contributed by atoms with Gasteiger partial charge in [-0.1, -0.05) is 13.8 Å². The lowest BCUT2D eigenvalue weighted by atomic mass is 10.2. The summed E-state index contributed by atoms with van der Waals surface area (Å²) in [6, 6.07) is 6.21. The second-order valence-corrected chi connectivity index (χ2v) is 5.45. The number of hydrogen-bond acceptors (Lipinski definition) is 4. The summed E-state index contributed by atoms with van der Waals surface area (Å²) in [5.41, 5.74) is 0.398. The van der Waals surface area contributed by atoms with Crippen molar-refractivity contribution in [2.24, 2.45) is 5.92 Å². The Labute approximate surface area is 125 Å². The zero-order chi connectivity index (χ0) is 15.9. The molecule has 7 heteroatoms. The van der Waals surface area contributed by atoms with Crippen LogP contribution in [-0.4, -0.2) is 25.3 Å². The molecule has 0 saturated carbocycles. The molecule has 0 amide bonds. The van der Waals surface area contributed by atoms with Gasteiger partial charge in [0.05, 0.1) is 6.26 Å². The molecule has 22 heavy (non-hydrogen) atoms. The topological polar surface area (TPSA) is 89.7 Å². The first kappa shape index (κ1) is 14.1. The van der Waals surface area contributed by atoms with Gasteiger partial charge in [0.1, 0.15) is 17.0 Å². The van der Waals surface area contributed by atoms with Crippen molar-refractivity contribution in [1.82, 2.24) is 14.2 Å². The van der Waals surface area contributed by atoms with E-state index in [0.717, 1.165) is 6.07 Å². The molecule has 7 nitrogen and oxygen atoms in total. The van der Waals surface area contributed by atoms with Crippen molar-refractivity contribution in [3.8, 4) is 11.5 Å². The Bertz CT molecular complexity index is 888. The van der Waals surface area contributed by atoms with Crippen molar-refractivity contribution in [2.45, 2.75) is 20.4 Å². The normalized spacial score (nSPS) is 11.4. The first-order valence-electron chi connectivity index (χ1n) is 6.88. The number of furan rings is 1. The van der Waals surface area contributed by atoms with Gasteiger partial charge < -0.3 is 14.1 Å². The minimum absolute atomic E-state index is 0.0444. The fourth-order valence-electron chi connectivity index (χ4n) is 2.38.